The molecule has 0 radical (unpaired) electrons. The summed E-state index contributed by atoms with van der Waals surface area (Å²) in [5.41, 5.74) is 4.44. The number of halogens is 3. The van der Waals surface area contributed by atoms with Gasteiger partial charge in [0, 0.05) is 30.6 Å². The van der Waals surface area contributed by atoms with Gasteiger partial charge in [-0.2, -0.15) is 13.2 Å². The third-order valence-corrected chi connectivity index (χ3v) is 3.58. The molecule has 2 rings (SSSR count). The lowest BCUT2D eigenvalue weighted by Gasteiger charge is -2.14. The molecular weight excluding hydrogens is 335 g/mol. The summed E-state index contributed by atoms with van der Waals surface area (Å²) in [6.07, 6.45) is 0.0412. The van der Waals surface area contributed by atoms with Gasteiger partial charge in [0.15, 0.2) is 0 Å². The highest BCUT2D eigenvalue weighted by molar-refractivity contribution is 5.43. The van der Waals surface area contributed by atoms with Crippen molar-refractivity contribution in [3.05, 3.63) is 51.8 Å². The van der Waals surface area contributed by atoms with Crippen molar-refractivity contribution in [3.8, 4) is 0 Å². The summed E-state index contributed by atoms with van der Waals surface area (Å²) in [4.78, 5) is 20.4. The molecule has 0 aliphatic rings. The van der Waals surface area contributed by atoms with E-state index in [4.69, 9.17) is 5.73 Å². The number of nitrogens with zero attached hydrogens (tertiary/aromatic N) is 3. The van der Waals surface area contributed by atoms with Crippen molar-refractivity contribution in [3.63, 3.8) is 0 Å². The van der Waals surface area contributed by atoms with E-state index in [2.05, 4.69) is 22.2 Å². The number of nitrogens with one attached hydrogen (secondary N) is 1. The summed E-state index contributed by atoms with van der Waals surface area (Å²) in [7, 11) is 0. The van der Waals surface area contributed by atoms with Gasteiger partial charge in [-0.3, -0.25) is 4.79 Å². The van der Waals surface area contributed by atoms with Crippen LogP contribution in [0.15, 0.2) is 29.3 Å². The molecule has 0 amide bonds. The molecule has 9 heteroatoms. The predicted molar refractivity (Wildman–Crippen MR) is 88.1 cm³/mol. The number of unbranched alkanes of at least 4 members (excludes halogenated alkanes) is 1. The second-order valence-electron chi connectivity index (χ2n) is 5.52. The number of hydrogen-bond acceptors (Lipinski definition) is 5. The predicted octanol–water partition coefficient (Wildman–Crippen LogP) is 2.38. The molecule has 0 saturated carbocycles. The van der Waals surface area contributed by atoms with E-state index in [-0.39, 0.29) is 13.1 Å². The van der Waals surface area contributed by atoms with Crippen LogP contribution in [0.5, 0.6) is 0 Å². The third kappa shape index (κ3) is 5.02. The largest absolute Gasteiger partial charge is 0.416 e. The van der Waals surface area contributed by atoms with Crippen LogP contribution in [0.25, 0.3) is 0 Å². The van der Waals surface area contributed by atoms with Crippen LogP contribution >= 0.6 is 0 Å². The smallest absolute Gasteiger partial charge is 0.370 e. The van der Waals surface area contributed by atoms with E-state index >= 15 is 0 Å². The monoisotopic (exact) mass is 355 g/mol. The van der Waals surface area contributed by atoms with E-state index < -0.39 is 17.3 Å². The van der Waals surface area contributed by atoms with Crippen molar-refractivity contribution >= 4 is 5.82 Å². The van der Waals surface area contributed by atoms with Gasteiger partial charge in [0.2, 0.25) is 0 Å². The lowest BCUT2D eigenvalue weighted by atomic mass is 10.2. The van der Waals surface area contributed by atoms with Crippen LogP contribution in [0.1, 0.15) is 36.7 Å². The molecule has 6 nitrogen and oxygen atoms in total. The minimum Gasteiger partial charge on any atom is -0.370 e. The number of anilines is 1. The Morgan fingerprint density at radius 1 is 1.36 bits per heavy atom. The van der Waals surface area contributed by atoms with Gasteiger partial charge in [-0.05, 0) is 12.5 Å². The van der Waals surface area contributed by atoms with Gasteiger partial charge in [0.25, 0.3) is 5.56 Å². The summed E-state index contributed by atoms with van der Waals surface area (Å²) >= 11 is 0. The molecule has 0 aromatic carbocycles. The number of pyridine rings is 1. The Kier molecular flexibility index (Phi) is 6.13. The highest BCUT2D eigenvalue weighted by Crippen LogP contribution is 2.27. The molecule has 136 valence electrons. The first-order valence-corrected chi connectivity index (χ1v) is 7.91. The second kappa shape index (κ2) is 8.11. The summed E-state index contributed by atoms with van der Waals surface area (Å²) in [6.45, 7) is 2.97. The average Bonchev–Trinajstić information content (AvgIpc) is 2.57. The van der Waals surface area contributed by atoms with Crippen molar-refractivity contribution in [2.75, 3.05) is 11.9 Å². The summed E-state index contributed by atoms with van der Waals surface area (Å²) < 4.78 is 39.2. The van der Waals surface area contributed by atoms with Gasteiger partial charge in [0.05, 0.1) is 18.7 Å². The molecule has 2 aromatic rings. The van der Waals surface area contributed by atoms with Crippen LogP contribution in [0, 0.1) is 0 Å². The molecule has 0 atom stereocenters. The van der Waals surface area contributed by atoms with Gasteiger partial charge in [0.1, 0.15) is 11.6 Å². The maximum atomic E-state index is 12.7. The van der Waals surface area contributed by atoms with Crippen LogP contribution in [0.2, 0.25) is 0 Å². The van der Waals surface area contributed by atoms with Crippen molar-refractivity contribution in [2.24, 2.45) is 5.73 Å². The lowest BCUT2D eigenvalue weighted by Crippen LogP contribution is -2.23. The highest BCUT2D eigenvalue weighted by Gasteiger charge is 2.30. The van der Waals surface area contributed by atoms with E-state index in [1.54, 1.807) is 0 Å². The number of nitrogens with two attached hydrogens (primary N) is 1. The first kappa shape index (κ1) is 18.9. The van der Waals surface area contributed by atoms with Gasteiger partial charge in [-0.25, -0.2) is 9.97 Å². The van der Waals surface area contributed by atoms with E-state index in [1.165, 1.54) is 10.8 Å². The van der Waals surface area contributed by atoms with Crippen LogP contribution in [-0.2, 0) is 19.3 Å². The van der Waals surface area contributed by atoms with Gasteiger partial charge in [-0.1, -0.05) is 13.3 Å². The van der Waals surface area contributed by atoms with Gasteiger partial charge >= 0.3 is 6.18 Å². The molecule has 0 fully saturated rings. The van der Waals surface area contributed by atoms with Crippen molar-refractivity contribution < 1.29 is 13.2 Å². The number of aromatic nitrogens is 3. The Labute approximate surface area is 142 Å². The van der Waals surface area contributed by atoms with E-state index in [1.807, 2.05) is 0 Å². The second-order valence-corrected chi connectivity index (χ2v) is 5.52. The fraction of sp³-hybridized carbons (Fsp3) is 0.438. The zero-order chi connectivity index (χ0) is 18.4. The Morgan fingerprint density at radius 3 is 2.72 bits per heavy atom. The molecule has 2 aromatic heterocycles. The molecule has 0 bridgehead atoms. The van der Waals surface area contributed by atoms with Crippen LogP contribution in [-0.4, -0.2) is 21.1 Å². The summed E-state index contributed by atoms with van der Waals surface area (Å²) in [5.74, 6) is 0.984. The molecule has 0 saturated heterocycles. The lowest BCUT2D eigenvalue weighted by molar-refractivity contribution is -0.137. The van der Waals surface area contributed by atoms with Crippen molar-refractivity contribution in [1.29, 1.82) is 0 Å². The van der Waals surface area contributed by atoms with Gasteiger partial charge < -0.3 is 15.6 Å². The average molecular weight is 355 g/mol. The zero-order valence-corrected chi connectivity index (χ0v) is 13.8. The Hall–Kier alpha value is -2.42. The SMILES string of the molecule is CCCCNc1nc(CN)ncc1Cn1ccc(C(F)(F)F)cc1=O. The molecule has 0 unspecified atom stereocenters. The minimum absolute atomic E-state index is 0.0658. The minimum atomic E-state index is -4.54. The number of rotatable bonds is 7. The molecule has 0 aliphatic heterocycles. The fourth-order valence-electron chi connectivity index (χ4n) is 2.19. The van der Waals surface area contributed by atoms with Crippen molar-refractivity contribution in [2.45, 2.75) is 39.0 Å². The first-order chi connectivity index (χ1) is 11.8. The van der Waals surface area contributed by atoms with E-state index in [9.17, 15) is 18.0 Å². The third-order valence-electron chi connectivity index (χ3n) is 3.58. The highest BCUT2D eigenvalue weighted by atomic mass is 19.4. The maximum absolute atomic E-state index is 12.7. The molecule has 0 aliphatic carbocycles. The Bertz CT molecular complexity index is 773. The van der Waals surface area contributed by atoms with Gasteiger partial charge in [-0.15, -0.1) is 0 Å². The summed E-state index contributed by atoms with van der Waals surface area (Å²) in [6, 6.07) is 1.46. The molecule has 3 N–H and O–H groups in total. The molecule has 0 spiro atoms. The molecule has 2 heterocycles. The maximum Gasteiger partial charge on any atom is 0.416 e. The normalized spacial score (nSPS) is 11.6. The zero-order valence-electron chi connectivity index (χ0n) is 13.8. The number of alkyl halides is 3. The van der Waals surface area contributed by atoms with Crippen molar-refractivity contribution in [1.82, 2.24) is 14.5 Å². The fourth-order valence-corrected chi connectivity index (χ4v) is 2.19. The van der Waals surface area contributed by atoms with E-state index in [0.717, 1.165) is 25.1 Å². The van der Waals surface area contributed by atoms with Crippen LogP contribution in [0.4, 0.5) is 19.0 Å². The van der Waals surface area contributed by atoms with Crippen LogP contribution < -0.4 is 16.6 Å². The molecule has 25 heavy (non-hydrogen) atoms. The Morgan fingerprint density at radius 2 is 2.12 bits per heavy atom. The number of hydrogen-bond donors (Lipinski definition) is 2. The molecular formula is C16H20F3N5O. The quantitative estimate of drug-likeness (QED) is 0.745. The first-order valence-electron chi connectivity index (χ1n) is 7.91. The summed E-state index contributed by atoms with van der Waals surface area (Å²) in [5, 5.41) is 3.16. The Balaban J connectivity index is 2.28. The standard InChI is InChI=1S/C16H20F3N5O/c1-2-3-5-21-15-11(9-22-13(8-20)23-15)10-24-6-4-12(7-14(24)25)16(17,18)19/h4,6-7,9H,2-3,5,8,10,20H2,1H3,(H,21,22,23). The topological polar surface area (TPSA) is 85.8 Å². The van der Waals surface area contributed by atoms with E-state index in [0.29, 0.717) is 29.8 Å². The van der Waals surface area contributed by atoms with Crippen LogP contribution in [0.3, 0.4) is 0 Å².